The van der Waals surface area contributed by atoms with E-state index in [0.717, 1.165) is 5.02 Å². The van der Waals surface area contributed by atoms with Gasteiger partial charge in [0.2, 0.25) is 0 Å². The first-order valence-electron chi connectivity index (χ1n) is 7.43. The first kappa shape index (κ1) is 16.1. The van der Waals surface area contributed by atoms with E-state index in [1.807, 2.05) is 0 Å². The van der Waals surface area contributed by atoms with Crippen molar-refractivity contribution < 1.29 is 0 Å². The van der Waals surface area contributed by atoms with Gasteiger partial charge in [0.1, 0.15) is 0 Å². The lowest BCUT2D eigenvalue weighted by Crippen LogP contribution is -2.38. The van der Waals surface area contributed by atoms with Gasteiger partial charge < -0.3 is 16.1 Å². The number of piperidine rings is 1. The zero-order chi connectivity index (χ0) is 15.3. The SMILES string of the molecule is CN(N)/C=C\N.Clc1ccc2c(c1)CCC21CCNCC1. The van der Waals surface area contributed by atoms with Gasteiger partial charge in [0.25, 0.3) is 0 Å². The van der Waals surface area contributed by atoms with Gasteiger partial charge in [-0.25, -0.2) is 5.84 Å². The molecule has 3 rings (SSSR count). The molecule has 1 aromatic carbocycles. The molecule has 5 heteroatoms. The van der Waals surface area contributed by atoms with Crippen molar-refractivity contribution in [1.29, 1.82) is 0 Å². The summed E-state index contributed by atoms with van der Waals surface area (Å²) in [5.41, 5.74) is 8.47. The fraction of sp³-hybridized carbons (Fsp3) is 0.500. The van der Waals surface area contributed by atoms with Crippen molar-refractivity contribution in [3.8, 4) is 0 Å². The molecule has 0 bridgehead atoms. The summed E-state index contributed by atoms with van der Waals surface area (Å²) >= 11 is 6.04. The molecule has 1 heterocycles. The average molecular weight is 309 g/mol. The minimum atomic E-state index is 0.477. The highest BCUT2D eigenvalue weighted by atomic mass is 35.5. The number of hydrogen-bond donors (Lipinski definition) is 3. The summed E-state index contributed by atoms with van der Waals surface area (Å²) < 4.78 is 0. The van der Waals surface area contributed by atoms with Crippen LogP contribution in [-0.2, 0) is 11.8 Å². The van der Waals surface area contributed by atoms with Crippen molar-refractivity contribution in [1.82, 2.24) is 10.3 Å². The number of fused-ring (bicyclic) bond motifs is 2. The Hall–Kier alpha value is -1.23. The van der Waals surface area contributed by atoms with E-state index in [0.29, 0.717) is 5.41 Å². The van der Waals surface area contributed by atoms with Crippen LogP contribution in [0.15, 0.2) is 30.6 Å². The predicted molar refractivity (Wildman–Crippen MR) is 88.8 cm³/mol. The number of nitrogens with zero attached hydrogens (tertiary/aromatic N) is 1. The Morgan fingerprint density at radius 1 is 1.29 bits per heavy atom. The smallest absolute Gasteiger partial charge is 0.0408 e. The monoisotopic (exact) mass is 308 g/mol. The number of halogens is 1. The van der Waals surface area contributed by atoms with Crippen molar-refractivity contribution in [2.75, 3.05) is 20.1 Å². The fourth-order valence-electron chi connectivity index (χ4n) is 3.36. The molecule has 1 spiro atoms. The lowest BCUT2D eigenvalue weighted by molar-refractivity contribution is 0.306. The van der Waals surface area contributed by atoms with Crippen LogP contribution in [-0.4, -0.2) is 25.1 Å². The van der Waals surface area contributed by atoms with Crippen LogP contribution in [0, 0.1) is 0 Å². The minimum absolute atomic E-state index is 0.477. The molecule has 1 fully saturated rings. The maximum Gasteiger partial charge on any atom is 0.0408 e. The molecule has 0 saturated carbocycles. The molecule has 4 nitrogen and oxygen atoms in total. The highest BCUT2D eigenvalue weighted by Gasteiger charge is 2.39. The Labute approximate surface area is 132 Å². The van der Waals surface area contributed by atoms with Gasteiger partial charge in [0.05, 0.1) is 0 Å². The summed E-state index contributed by atoms with van der Waals surface area (Å²) in [6, 6.07) is 6.47. The van der Waals surface area contributed by atoms with Gasteiger partial charge in [-0.15, -0.1) is 0 Å². The Balaban J connectivity index is 0.000000232. The number of aryl methyl sites for hydroxylation is 1. The zero-order valence-electron chi connectivity index (χ0n) is 12.6. The molecule has 5 N–H and O–H groups in total. The number of benzene rings is 1. The lowest BCUT2D eigenvalue weighted by Gasteiger charge is -2.35. The van der Waals surface area contributed by atoms with Crippen molar-refractivity contribution in [2.45, 2.75) is 31.1 Å². The number of nitrogens with one attached hydrogen (secondary N) is 1. The summed E-state index contributed by atoms with van der Waals surface area (Å²) in [5.74, 6) is 5.07. The maximum atomic E-state index is 6.04. The third-order valence-corrected chi connectivity index (χ3v) is 4.63. The average Bonchev–Trinajstić information content (AvgIpc) is 2.78. The van der Waals surface area contributed by atoms with Gasteiger partial charge in [-0.1, -0.05) is 17.7 Å². The summed E-state index contributed by atoms with van der Waals surface area (Å²) in [7, 11) is 1.70. The molecule has 21 heavy (non-hydrogen) atoms. The predicted octanol–water partition coefficient (Wildman–Crippen LogP) is 2.13. The normalized spacial score (nSPS) is 19.2. The topological polar surface area (TPSA) is 67.3 Å². The molecule has 2 aliphatic rings. The molecule has 0 atom stereocenters. The molecule has 0 amide bonds. The van der Waals surface area contributed by atoms with Crippen molar-refractivity contribution in [3.05, 3.63) is 46.7 Å². The van der Waals surface area contributed by atoms with Crippen LogP contribution in [0.1, 0.15) is 30.4 Å². The largest absolute Gasteiger partial charge is 0.403 e. The number of nitrogens with two attached hydrogens (primary N) is 2. The van der Waals surface area contributed by atoms with Crippen LogP contribution in [0.25, 0.3) is 0 Å². The first-order valence-corrected chi connectivity index (χ1v) is 7.81. The van der Waals surface area contributed by atoms with E-state index in [1.54, 1.807) is 18.8 Å². The summed E-state index contributed by atoms with van der Waals surface area (Å²) in [6.45, 7) is 2.34. The molecular formula is C16H25ClN4. The van der Waals surface area contributed by atoms with Gasteiger partial charge in [0.15, 0.2) is 0 Å². The van der Waals surface area contributed by atoms with Gasteiger partial charge in [-0.05, 0) is 67.4 Å². The third kappa shape index (κ3) is 3.90. The molecular weight excluding hydrogens is 284 g/mol. The van der Waals surface area contributed by atoms with Crippen LogP contribution in [0.5, 0.6) is 0 Å². The van der Waals surface area contributed by atoms with Gasteiger partial charge in [0, 0.05) is 24.5 Å². The number of rotatable bonds is 1. The van der Waals surface area contributed by atoms with Crippen molar-refractivity contribution >= 4 is 11.6 Å². The second kappa shape index (κ2) is 7.16. The minimum Gasteiger partial charge on any atom is -0.403 e. The van der Waals surface area contributed by atoms with Crippen molar-refractivity contribution in [3.63, 3.8) is 0 Å². The van der Waals surface area contributed by atoms with Gasteiger partial charge in [-0.3, -0.25) is 0 Å². The number of hydrogen-bond acceptors (Lipinski definition) is 4. The molecule has 1 saturated heterocycles. The zero-order valence-corrected chi connectivity index (χ0v) is 13.4. The molecule has 0 unspecified atom stereocenters. The Morgan fingerprint density at radius 2 is 2.00 bits per heavy atom. The Morgan fingerprint density at radius 3 is 2.57 bits per heavy atom. The van der Waals surface area contributed by atoms with E-state index in [1.165, 1.54) is 55.5 Å². The van der Waals surface area contributed by atoms with E-state index in [-0.39, 0.29) is 0 Å². The molecule has 1 aliphatic carbocycles. The van der Waals surface area contributed by atoms with Crippen molar-refractivity contribution in [2.24, 2.45) is 11.6 Å². The van der Waals surface area contributed by atoms with Gasteiger partial charge >= 0.3 is 0 Å². The summed E-state index contributed by atoms with van der Waals surface area (Å²) in [5, 5.41) is 5.72. The third-order valence-electron chi connectivity index (χ3n) is 4.39. The standard InChI is InChI=1S/C13H16ClN.C3H9N3/c14-11-1-2-12-10(9-11)3-4-13(12)5-7-15-8-6-13;1-6(5)3-2-4/h1-2,9,15H,3-8H2;2-3H,4-5H2,1H3/b;3-2-. The van der Waals surface area contributed by atoms with Crippen LogP contribution in [0.4, 0.5) is 0 Å². The summed E-state index contributed by atoms with van der Waals surface area (Å²) in [6.07, 6.45) is 8.06. The van der Waals surface area contributed by atoms with E-state index < -0.39 is 0 Å². The Bertz CT molecular complexity index is 493. The van der Waals surface area contributed by atoms with Gasteiger partial charge in [-0.2, -0.15) is 0 Å². The maximum absolute atomic E-state index is 6.04. The molecule has 0 radical (unpaired) electrons. The van der Waals surface area contributed by atoms with Crippen LogP contribution in [0.3, 0.4) is 0 Å². The van der Waals surface area contributed by atoms with E-state index in [2.05, 4.69) is 23.5 Å². The molecule has 1 aliphatic heterocycles. The molecule has 1 aromatic rings. The van der Waals surface area contributed by atoms with E-state index in [4.69, 9.17) is 23.2 Å². The van der Waals surface area contributed by atoms with Crippen LogP contribution < -0.4 is 16.9 Å². The van der Waals surface area contributed by atoms with Crippen LogP contribution >= 0.6 is 11.6 Å². The Kier molecular flexibility index (Phi) is 5.51. The second-order valence-corrected chi connectivity index (χ2v) is 6.28. The lowest BCUT2D eigenvalue weighted by atomic mass is 9.74. The molecule has 116 valence electrons. The van der Waals surface area contributed by atoms with E-state index >= 15 is 0 Å². The van der Waals surface area contributed by atoms with Crippen LogP contribution in [0.2, 0.25) is 5.02 Å². The molecule has 0 aromatic heterocycles. The highest BCUT2D eigenvalue weighted by molar-refractivity contribution is 6.30. The number of hydrazine groups is 1. The summed E-state index contributed by atoms with van der Waals surface area (Å²) in [4.78, 5) is 0. The van der Waals surface area contributed by atoms with E-state index in [9.17, 15) is 0 Å². The highest BCUT2D eigenvalue weighted by Crippen LogP contribution is 2.45. The quantitative estimate of drug-likeness (QED) is 0.549. The fourth-order valence-corrected chi connectivity index (χ4v) is 3.55. The first-order chi connectivity index (χ1) is 10.1. The second-order valence-electron chi connectivity index (χ2n) is 5.84.